The summed E-state index contributed by atoms with van der Waals surface area (Å²) in [6.45, 7) is 5.40. The summed E-state index contributed by atoms with van der Waals surface area (Å²) in [5.41, 5.74) is 3.14. The van der Waals surface area contributed by atoms with E-state index in [1.807, 2.05) is 32.0 Å². The summed E-state index contributed by atoms with van der Waals surface area (Å²) in [5, 5.41) is 15.6. The van der Waals surface area contributed by atoms with Crippen LogP contribution in [0.15, 0.2) is 30.6 Å². The van der Waals surface area contributed by atoms with Crippen LogP contribution in [-0.2, 0) is 4.79 Å². The highest BCUT2D eigenvalue weighted by Crippen LogP contribution is 2.17. The second kappa shape index (κ2) is 5.78. The van der Waals surface area contributed by atoms with E-state index in [2.05, 4.69) is 10.4 Å². The van der Waals surface area contributed by atoms with Gasteiger partial charge in [-0.15, -0.1) is 0 Å². The van der Waals surface area contributed by atoms with Crippen molar-refractivity contribution >= 4 is 17.6 Å². The summed E-state index contributed by atoms with van der Waals surface area (Å²) in [7, 11) is 0. The van der Waals surface area contributed by atoms with Crippen molar-refractivity contribution in [3.63, 3.8) is 0 Å². The summed E-state index contributed by atoms with van der Waals surface area (Å²) in [4.78, 5) is 23.0. The number of aromatic nitrogens is 2. The highest BCUT2D eigenvalue weighted by atomic mass is 16.4. The van der Waals surface area contributed by atoms with Gasteiger partial charge in [0.15, 0.2) is 0 Å². The molecule has 0 saturated carbocycles. The Kier molecular flexibility index (Phi) is 4.07. The number of carboxylic acids is 1. The minimum atomic E-state index is -1.00. The van der Waals surface area contributed by atoms with Crippen LogP contribution in [0.2, 0.25) is 0 Å². The zero-order valence-electron chi connectivity index (χ0n) is 12.1. The highest BCUT2D eigenvalue weighted by molar-refractivity contribution is 6.04. The van der Waals surface area contributed by atoms with Crippen molar-refractivity contribution in [3.8, 4) is 0 Å². The van der Waals surface area contributed by atoms with Gasteiger partial charge in [0.05, 0.1) is 11.8 Å². The third-order valence-electron chi connectivity index (χ3n) is 3.25. The van der Waals surface area contributed by atoms with Gasteiger partial charge in [-0.1, -0.05) is 17.7 Å². The van der Waals surface area contributed by atoms with Gasteiger partial charge in [0, 0.05) is 11.9 Å². The van der Waals surface area contributed by atoms with Crippen molar-refractivity contribution in [2.75, 3.05) is 5.32 Å². The summed E-state index contributed by atoms with van der Waals surface area (Å²) >= 11 is 0. The number of anilines is 1. The molecule has 1 amide bonds. The predicted molar refractivity (Wildman–Crippen MR) is 78.4 cm³/mol. The topological polar surface area (TPSA) is 84.2 Å². The van der Waals surface area contributed by atoms with Crippen LogP contribution in [-0.4, -0.2) is 26.8 Å². The monoisotopic (exact) mass is 287 g/mol. The minimum absolute atomic E-state index is 0.314. The van der Waals surface area contributed by atoms with Gasteiger partial charge in [-0.2, -0.15) is 5.10 Å². The molecule has 110 valence electrons. The number of benzene rings is 1. The number of hydrogen-bond donors (Lipinski definition) is 2. The molecule has 2 rings (SSSR count). The number of carbonyl (C=O) groups is 2. The quantitative estimate of drug-likeness (QED) is 0.904. The third-order valence-corrected chi connectivity index (χ3v) is 3.25. The number of nitrogens with zero attached hydrogens (tertiary/aromatic N) is 2. The van der Waals surface area contributed by atoms with Crippen LogP contribution < -0.4 is 5.32 Å². The first-order chi connectivity index (χ1) is 9.88. The number of carboxylic acid groups (broad SMARTS) is 1. The van der Waals surface area contributed by atoms with E-state index < -0.39 is 12.0 Å². The van der Waals surface area contributed by atoms with Gasteiger partial charge in [0.1, 0.15) is 6.04 Å². The molecule has 0 aliphatic carbocycles. The van der Waals surface area contributed by atoms with Gasteiger partial charge in [-0.3, -0.25) is 9.48 Å². The lowest BCUT2D eigenvalue weighted by Crippen LogP contribution is -2.16. The average Bonchev–Trinajstić information content (AvgIpc) is 2.90. The van der Waals surface area contributed by atoms with Gasteiger partial charge >= 0.3 is 5.97 Å². The Morgan fingerprint density at radius 1 is 1.33 bits per heavy atom. The molecule has 2 N–H and O–H groups in total. The molecular formula is C15H17N3O3. The lowest BCUT2D eigenvalue weighted by Gasteiger charge is -2.08. The molecular weight excluding hydrogens is 270 g/mol. The van der Waals surface area contributed by atoms with Crippen LogP contribution in [0.5, 0.6) is 0 Å². The second-order valence-corrected chi connectivity index (χ2v) is 5.00. The van der Waals surface area contributed by atoms with E-state index in [1.165, 1.54) is 24.0 Å². The maximum atomic E-state index is 12.1. The molecule has 0 fully saturated rings. The number of hydrogen-bond acceptors (Lipinski definition) is 3. The third kappa shape index (κ3) is 3.28. The van der Waals surface area contributed by atoms with E-state index in [1.54, 1.807) is 0 Å². The van der Waals surface area contributed by atoms with Crippen molar-refractivity contribution in [1.82, 2.24) is 9.78 Å². The van der Waals surface area contributed by atoms with Crippen molar-refractivity contribution in [3.05, 3.63) is 47.3 Å². The molecule has 0 radical (unpaired) electrons. The molecule has 1 aromatic carbocycles. The normalized spacial score (nSPS) is 12.0. The first-order valence-electron chi connectivity index (χ1n) is 6.54. The second-order valence-electron chi connectivity index (χ2n) is 5.00. The van der Waals surface area contributed by atoms with E-state index >= 15 is 0 Å². The fourth-order valence-corrected chi connectivity index (χ4v) is 1.93. The first-order valence-corrected chi connectivity index (χ1v) is 6.54. The SMILES string of the molecule is Cc1ccc(NC(=O)c2cnn(C(C)C(=O)O)c2)c(C)c1. The van der Waals surface area contributed by atoms with Crippen LogP contribution in [0.3, 0.4) is 0 Å². The van der Waals surface area contributed by atoms with Crippen LogP contribution in [0.1, 0.15) is 34.5 Å². The standard InChI is InChI=1S/C15H17N3O3/c1-9-4-5-13(10(2)6-9)17-14(19)12-7-16-18(8-12)11(3)15(20)21/h4-8,11H,1-3H3,(H,17,19)(H,20,21). The first kappa shape index (κ1) is 14.8. The van der Waals surface area contributed by atoms with Gasteiger partial charge in [0.25, 0.3) is 5.91 Å². The smallest absolute Gasteiger partial charge is 0.328 e. The van der Waals surface area contributed by atoms with Crippen molar-refractivity contribution < 1.29 is 14.7 Å². The summed E-state index contributed by atoms with van der Waals surface area (Å²) in [5.74, 6) is -1.31. The fraction of sp³-hybridized carbons (Fsp3) is 0.267. The van der Waals surface area contributed by atoms with Crippen LogP contribution >= 0.6 is 0 Å². The zero-order valence-corrected chi connectivity index (χ0v) is 12.1. The maximum absolute atomic E-state index is 12.1. The Labute approximate surface area is 122 Å². The van der Waals surface area contributed by atoms with Gasteiger partial charge in [-0.25, -0.2) is 4.79 Å². The summed E-state index contributed by atoms with van der Waals surface area (Å²) in [6.07, 6.45) is 2.79. The number of amides is 1. The Hall–Kier alpha value is -2.63. The lowest BCUT2D eigenvalue weighted by molar-refractivity contribution is -0.140. The average molecular weight is 287 g/mol. The molecule has 1 unspecified atom stereocenters. The number of rotatable bonds is 4. The molecule has 1 heterocycles. The zero-order chi connectivity index (χ0) is 15.6. The Morgan fingerprint density at radius 3 is 2.67 bits per heavy atom. The predicted octanol–water partition coefficient (Wildman–Crippen LogP) is 2.40. The van der Waals surface area contributed by atoms with Gasteiger partial charge in [-0.05, 0) is 32.4 Å². The van der Waals surface area contributed by atoms with Crippen LogP contribution in [0.25, 0.3) is 0 Å². The van der Waals surface area contributed by atoms with E-state index in [0.717, 1.165) is 16.8 Å². The number of carbonyl (C=O) groups excluding carboxylic acids is 1. The van der Waals surface area contributed by atoms with Gasteiger partial charge in [0.2, 0.25) is 0 Å². The van der Waals surface area contributed by atoms with E-state index in [0.29, 0.717) is 5.56 Å². The van der Waals surface area contributed by atoms with Crippen LogP contribution in [0, 0.1) is 13.8 Å². The largest absolute Gasteiger partial charge is 0.480 e. The van der Waals surface area contributed by atoms with Gasteiger partial charge < -0.3 is 10.4 Å². The maximum Gasteiger partial charge on any atom is 0.328 e. The van der Waals surface area contributed by atoms with Crippen molar-refractivity contribution in [1.29, 1.82) is 0 Å². The van der Waals surface area contributed by atoms with E-state index in [-0.39, 0.29) is 5.91 Å². The highest BCUT2D eigenvalue weighted by Gasteiger charge is 2.17. The van der Waals surface area contributed by atoms with Crippen LogP contribution in [0.4, 0.5) is 5.69 Å². The molecule has 6 heteroatoms. The van der Waals surface area contributed by atoms with Crippen molar-refractivity contribution in [2.45, 2.75) is 26.8 Å². The molecule has 0 saturated heterocycles. The number of aliphatic carboxylic acids is 1. The lowest BCUT2D eigenvalue weighted by atomic mass is 10.1. The molecule has 21 heavy (non-hydrogen) atoms. The summed E-state index contributed by atoms with van der Waals surface area (Å²) in [6, 6.07) is 4.92. The Morgan fingerprint density at radius 2 is 2.05 bits per heavy atom. The number of nitrogens with one attached hydrogen (secondary N) is 1. The molecule has 0 bridgehead atoms. The Balaban J connectivity index is 2.15. The molecule has 0 aliphatic heterocycles. The minimum Gasteiger partial charge on any atom is -0.480 e. The number of aryl methyl sites for hydroxylation is 2. The molecule has 1 atom stereocenters. The molecule has 0 spiro atoms. The molecule has 1 aromatic heterocycles. The molecule has 6 nitrogen and oxygen atoms in total. The van der Waals surface area contributed by atoms with E-state index in [4.69, 9.17) is 5.11 Å². The Bertz CT molecular complexity index is 691. The van der Waals surface area contributed by atoms with Crippen molar-refractivity contribution in [2.24, 2.45) is 0 Å². The molecule has 0 aliphatic rings. The molecule has 2 aromatic rings. The van der Waals surface area contributed by atoms with E-state index in [9.17, 15) is 9.59 Å². The fourth-order valence-electron chi connectivity index (χ4n) is 1.93. The summed E-state index contributed by atoms with van der Waals surface area (Å²) < 4.78 is 1.25.